The molecule has 0 fully saturated rings. The van der Waals surface area contributed by atoms with Crippen molar-refractivity contribution in [3.05, 3.63) is 12.2 Å². The first-order valence-corrected chi connectivity index (χ1v) is 3.83. The van der Waals surface area contributed by atoms with Gasteiger partial charge < -0.3 is 5.73 Å². The quantitative estimate of drug-likeness (QED) is 0.509. The Morgan fingerprint density at radius 2 is 2.42 bits per heavy atom. The highest BCUT2D eigenvalue weighted by Gasteiger charge is 2.43. The Labute approximate surface area is 78.0 Å². The van der Waals surface area contributed by atoms with Crippen molar-refractivity contribution < 1.29 is 9.18 Å². The van der Waals surface area contributed by atoms with Crippen LogP contribution in [0.3, 0.4) is 0 Å². The van der Waals surface area contributed by atoms with Crippen LogP contribution in [0.15, 0.2) is 17.1 Å². The number of allylic oxidation sites excluding steroid dienone is 1. The molecule has 0 radical (unpaired) electrons. The Bertz CT molecular complexity index is 279. The largest absolute Gasteiger partial charge is 0.366 e. The SMILES string of the molecule is NC(=O)C1(F)C=CC(Cl)=NC1Cl. The van der Waals surface area contributed by atoms with Crippen LogP contribution in [0, 0.1) is 0 Å². The third kappa shape index (κ3) is 1.44. The second-order valence-electron chi connectivity index (χ2n) is 2.25. The number of amides is 1. The molecule has 0 saturated carbocycles. The number of carbonyl (C=O) groups is 1. The van der Waals surface area contributed by atoms with E-state index < -0.39 is 17.1 Å². The van der Waals surface area contributed by atoms with Crippen LogP contribution in [0.25, 0.3) is 0 Å². The van der Waals surface area contributed by atoms with Gasteiger partial charge in [0.05, 0.1) is 0 Å². The van der Waals surface area contributed by atoms with Crippen molar-refractivity contribution in [2.75, 3.05) is 0 Å². The maximum atomic E-state index is 13.4. The van der Waals surface area contributed by atoms with Crippen LogP contribution in [-0.2, 0) is 4.79 Å². The van der Waals surface area contributed by atoms with Gasteiger partial charge in [0, 0.05) is 0 Å². The number of aliphatic imine (C=N–C) groups is 1. The lowest BCUT2D eigenvalue weighted by Gasteiger charge is -2.22. The molecule has 0 bridgehead atoms. The molecule has 12 heavy (non-hydrogen) atoms. The van der Waals surface area contributed by atoms with Crippen LogP contribution in [0.2, 0.25) is 0 Å². The summed E-state index contributed by atoms with van der Waals surface area (Å²) in [5.74, 6) is -1.17. The molecule has 0 aromatic carbocycles. The minimum atomic E-state index is -2.43. The molecule has 1 rings (SSSR count). The highest BCUT2D eigenvalue weighted by Crippen LogP contribution is 2.27. The van der Waals surface area contributed by atoms with E-state index in [0.717, 1.165) is 12.2 Å². The van der Waals surface area contributed by atoms with E-state index in [4.69, 9.17) is 28.9 Å². The summed E-state index contributed by atoms with van der Waals surface area (Å²) in [6.45, 7) is 0. The van der Waals surface area contributed by atoms with Crippen LogP contribution in [0.4, 0.5) is 4.39 Å². The lowest BCUT2D eigenvalue weighted by molar-refractivity contribution is -0.126. The summed E-state index contributed by atoms with van der Waals surface area (Å²) in [6.07, 6.45) is 2.05. The lowest BCUT2D eigenvalue weighted by Crippen LogP contribution is -2.46. The second-order valence-corrected chi connectivity index (χ2v) is 3.05. The minimum absolute atomic E-state index is 0.0459. The maximum absolute atomic E-state index is 13.4. The zero-order chi connectivity index (χ0) is 9.35. The van der Waals surface area contributed by atoms with E-state index in [1.807, 2.05) is 0 Å². The standard InChI is InChI=1S/C6H5Cl2FN2O/c7-3-1-2-6(9,5(10)12)4(8)11-3/h1-2,4H,(H2,10,12). The van der Waals surface area contributed by atoms with Crippen molar-refractivity contribution in [2.45, 2.75) is 11.2 Å². The van der Waals surface area contributed by atoms with Crippen LogP contribution < -0.4 is 5.73 Å². The monoisotopic (exact) mass is 210 g/mol. The van der Waals surface area contributed by atoms with Crippen LogP contribution in [0.1, 0.15) is 0 Å². The van der Waals surface area contributed by atoms with Gasteiger partial charge in [0.15, 0.2) is 5.50 Å². The molecule has 0 aromatic rings. The molecule has 6 heteroatoms. The van der Waals surface area contributed by atoms with E-state index in [1.165, 1.54) is 0 Å². The summed E-state index contributed by atoms with van der Waals surface area (Å²) in [7, 11) is 0. The number of nitrogens with two attached hydrogens (primary N) is 1. The summed E-state index contributed by atoms with van der Waals surface area (Å²) in [4.78, 5) is 14.0. The van der Waals surface area contributed by atoms with E-state index in [9.17, 15) is 9.18 Å². The molecule has 0 aliphatic carbocycles. The zero-order valence-electron chi connectivity index (χ0n) is 5.80. The van der Waals surface area contributed by atoms with Crippen molar-refractivity contribution in [1.29, 1.82) is 0 Å². The summed E-state index contributed by atoms with van der Waals surface area (Å²) in [5, 5.41) is 0.0459. The fourth-order valence-electron chi connectivity index (χ4n) is 0.714. The van der Waals surface area contributed by atoms with Gasteiger partial charge in [0.25, 0.3) is 5.91 Å². The number of halogens is 3. The van der Waals surface area contributed by atoms with E-state index >= 15 is 0 Å². The first-order chi connectivity index (χ1) is 5.47. The zero-order valence-corrected chi connectivity index (χ0v) is 7.31. The Morgan fingerprint density at radius 3 is 2.83 bits per heavy atom. The molecule has 1 heterocycles. The van der Waals surface area contributed by atoms with E-state index in [2.05, 4.69) is 4.99 Å². The van der Waals surface area contributed by atoms with Crippen molar-refractivity contribution >= 4 is 34.3 Å². The number of nitrogens with zero attached hydrogens (tertiary/aromatic N) is 1. The van der Waals surface area contributed by atoms with Crippen molar-refractivity contribution in [1.82, 2.24) is 0 Å². The van der Waals surface area contributed by atoms with Gasteiger partial charge in [-0.2, -0.15) is 0 Å². The summed E-state index contributed by atoms with van der Waals surface area (Å²) in [5.41, 5.74) is 0.963. The molecule has 0 aromatic heterocycles. The van der Waals surface area contributed by atoms with Gasteiger partial charge in [-0.25, -0.2) is 9.38 Å². The second kappa shape index (κ2) is 3.03. The Hall–Kier alpha value is -0.610. The molecule has 3 nitrogen and oxygen atoms in total. The fourth-order valence-corrected chi connectivity index (χ4v) is 1.21. The molecule has 1 amide bonds. The number of alkyl halides is 2. The molecular formula is C6H5Cl2FN2O. The predicted molar refractivity (Wildman–Crippen MR) is 45.1 cm³/mol. The van der Waals surface area contributed by atoms with Gasteiger partial charge in [-0.1, -0.05) is 23.2 Å². The Balaban J connectivity index is 2.99. The number of dihydropyridines is 1. The first-order valence-electron chi connectivity index (χ1n) is 3.02. The molecule has 0 spiro atoms. The van der Waals surface area contributed by atoms with E-state index in [1.54, 1.807) is 0 Å². The Kier molecular flexibility index (Phi) is 2.39. The topological polar surface area (TPSA) is 55.5 Å². The molecule has 1 aliphatic heterocycles. The van der Waals surface area contributed by atoms with Crippen molar-refractivity contribution in [3.8, 4) is 0 Å². The first kappa shape index (κ1) is 9.48. The minimum Gasteiger partial charge on any atom is -0.366 e. The van der Waals surface area contributed by atoms with Crippen molar-refractivity contribution in [3.63, 3.8) is 0 Å². The van der Waals surface area contributed by atoms with E-state index in [0.29, 0.717) is 0 Å². The molecular weight excluding hydrogens is 206 g/mol. The highest BCUT2D eigenvalue weighted by atomic mass is 35.5. The van der Waals surface area contributed by atoms with Gasteiger partial charge in [0.2, 0.25) is 5.67 Å². The van der Waals surface area contributed by atoms with Gasteiger partial charge in [-0.3, -0.25) is 4.79 Å². The normalized spacial score (nSPS) is 34.6. The van der Waals surface area contributed by atoms with Crippen LogP contribution >= 0.6 is 23.2 Å². The average Bonchev–Trinajstić information content (AvgIpc) is 1.97. The maximum Gasteiger partial charge on any atom is 0.262 e. The smallest absolute Gasteiger partial charge is 0.262 e. The summed E-state index contributed by atoms with van der Waals surface area (Å²) >= 11 is 10.8. The molecule has 2 N–H and O–H groups in total. The van der Waals surface area contributed by atoms with Gasteiger partial charge in [-0.05, 0) is 12.2 Å². The molecule has 0 saturated heterocycles. The number of hydrogen-bond donors (Lipinski definition) is 1. The van der Waals surface area contributed by atoms with E-state index in [-0.39, 0.29) is 5.17 Å². The molecule has 1 aliphatic rings. The molecule has 2 atom stereocenters. The molecule has 2 unspecified atom stereocenters. The lowest BCUT2D eigenvalue weighted by atomic mass is 10.0. The summed E-state index contributed by atoms with van der Waals surface area (Å²) in [6, 6.07) is 0. The third-order valence-electron chi connectivity index (χ3n) is 1.42. The van der Waals surface area contributed by atoms with Crippen molar-refractivity contribution in [2.24, 2.45) is 10.7 Å². The number of rotatable bonds is 1. The number of hydrogen-bond acceptors (Lipinski definition) is 2. The number of primary amides is 1. The molecule has 66 valence electrons. The van der Waals surface area contributed by atoms with Crippen LogP contribution in [0.5, 0.6) is 0 Å². The third-order valence-corrected chi connectivity index (χ3v) is 2.06. The van der Waals surface area contributed by atoms with Gasteiger partial charge in [0.1, 0.15) is 5.17 Å². The van der Waals surface area contributed by atoms with Crippen LogP contribution in [-0.4, -0.2) is 22.2 Å². The van der Waals surface area contributed by atoms with Gasteiger partial charge in [-0.15, -0.1) is 0 Å². The Morgan fingerprint density at radius 1 is 1.83 bits per heavy atom. The highest BCUT2D eigenvalue weighted by molar-refractivity contribution is 6.68. The number of carbonyl (C=O) groups excluding carboxylic acids is 1. The van der Waals surface area contributed by atoms with Gasteiger partial charge >= 0.3 is 0 Å². The fraction of sp³-hybridized carbons (Fsp3) is 0.333. The predicted octanol–water partition coefficient (Wildman–Crippen LogP) is 0.952. The average molecular weight is 211 g/mol. The summed E-state index contributed by atoms with van der Waals surface area (Å²) < 4.78 is 13.4.